The molecule has 0 bridgehead atoms. The number of hydrogen-bond donors (Lipinski definition) is 3. The third kappa shape index (κ3) is 5.70. The van der Waals surface area contributed by atoms with Crippen LogP contribution in [-0.2, 0) is 11.3 Å². The quantitative estimate of drug-likeness (QED) is 0.609. The molecule has 9 nitrogen and oxygen atoms in total. The molecular weight excluding hydrogens is 417 g/mol. The topological polar surface area (TPSA) is 121 Å². The number of likely N-dealkylation sites (tertiary alicyclic amines) is 1. The van der Waals surface area contributed by atoms with Crippen LogP contribution in [0, 0.1) is 11.2 Å². The number of nitrogens with zero attached hydrogens (tertiary/aromatic N) is 3. The second kappa shape index (κ2) is 9.07. The highest BCUT2D eigenvalue weighted by molar-refractivity contribution is 5.85. The van der Waals surface area contributed by atoms with Gasteiger partial charge in [0.15, 0.2) is 0 Å². The number of benzene rings is 1. The van der Waals surface area contributed by atoms with Gasteiger partial charge in [0.1, 0.15) is 22.8 Å². The van der Waals surface area contributed by atoms with Gasteiger partial charge in [-0.1, -0.05) is 0 Å². The van der Waals surface area contributed by atoms with Gasteiger partial charge in [0, 0.05) is 25.0 Å². The van der Waals surface area contributed by atoms with E-state index in [1.165, 1.54) is 35.2 Å². The molecule has 0 aliphatic carbocycles. The Morgan fingerprint density at radius 1 is 1.31 bits per heavy atom. The van der Waals surface area contributed by atoms with Crippen LogP contribution in [0.25, 0.3) is 0 Å². The second-order valence-electron chi connectivity index (χ2n) is 8.91. The maximum atomic E-state index is 13.1. The largest absolute Gasteiger partial charge is 0.444 e. The van der Waals surface area contributed by atoms with Gasteiger partial charge >= 0.3 is 6.09 Å². The van der Waals surface area contributed by atoms with Gasteiger partial charge in [-0.15, -0.1) is 0 Å². The van der Waals surface area contributed by atoms with Crippen molar-refractivity contribution in [1.29, 1.82) is 5.41 Å². The molecule has 1 fully saturated rings. The van der Waals surface area contributed by atoms with Crippen molar-refractivity contribution in [2.45, 2.75) is 51.4 Å². The molecular formula is C22H28FN5O4. The number of aliphatic hydroxyl groups is 1. The summed E-state index contributed by atoms with van der Waals surface area (Å²) in [5.41, 5.74) is -1.74. The van der Waals surface area contributed by atoms with E-state index in [1.807, 2.05) is 0 Å². The van der Waals surface area contributed by atoms with E-state index in [9.17, 15) is 19.1 Å². The van der Waals surface area contributed by atoms with Crippen LogP contribution in [0.3, 0.4) is 0 Å². The van der Waals surface area contributed by atoms with Crippen LogP contribution in [0.1, 0.15) is 39.2 Å². The van der Waals surface area contributed by atoms with E-state index in [-0.39, 0.29) is 30.8 Å². The van der Waals surface area contributed by atoms with Crippen LogP contribution >= 0.6 is 0 Å². The van der Waals surface area contributed by atoms with Crippen molar-refractivity contribution in [2.24, 2.45) is 0 Å². The number of rotatable bonds is 5. The first kappa shape index (κ1) is 23.4. The average molecular weight is 445 g/mol. The Labute approximate surface area is 185 Å². The van der Waals surface area contributed by atoms with Crippen molar-refractivity contribution in [2.75, 3.05) is 18.4 Å². The highest BCUT2D eigenvalue weighted by atomic mass is 19.1. The minimum Gasteiger partial charge on any atom is -0.444 e. The molecule has 2 heterocycles. The highest BCUT2D eigenvalue weighted by Gasteiger charge is 2.36. The third-order valence-electron chi connectivity index (χ3n) is 5.13. The first-order valence-corrected chi connectivity index (χ1v) is 10.3. The Kier molecular flexibility index (Phi) is 6.63. The van der Waals surface area contributed by atoms with E-state index >= 15 is 0 Å². The zero-order valence-electron chi connectivity index (χ0n) is 18.4. The molecule has 0 unspecified atom stereocenters. The zero-order chi connectivity index (χ0) is 23.5. The predicted octanol–water partition coefficient (Wildman–Crippen LogP) is 2.89. The van der Waals surface area contributed by atoms with Crippen LogP contribution in [0.4, 0.5) is 20.7 Å². The lowest BCUT2D eigenvalue weighted by Gasteiger charge is -2.38. The molecule has 172 valence electrons. The molecule has 0 radical (unpaired) electrons. The first-order valence-electron chi connectivity index (χ1n) is 10.3. The van der Waals surface area contributed by atoms with Crippen molar-refractivity contribution < 1.29 is 19.0 Å². The summed E-state index contributed by atoms with van der Waals surface area (Å²) < 4.78 is 19.7. The third-order valence-corrected chi connectivity index (χ3v) is 5.13. The molecule has 1 amide bonds. The molecule has 1 aromatic carbocycles. The first-order chi connectivity index (χ1) is 15.0. The van der Waals surface area contributed by atoms with Crippen LogP contribution in [0.2, 0.25) is 0 Å². The van der Waals surface area contributed by atoms with E-state index in [2.05, 4.69) is 10.3 Å². The zero-order valence-corrected chi connectivity index (χ0v) is 18.4. The smallest absolute Gasteiger partial charge is 0.410 e. The maximum Gasteiger partial charge on any atom is 0.410 e. The van der Waals surface area contributed by atoms with Gasteiger partial charge in [-0.25, -0.2) is 14.2 Å². The van der Waals surface area contributed by atoms with Crippen molar-refractivity contribution in [3.05, 3.63) is 52.3 Å². The summed E-state index contributed by atoms with van der Waals surface area (Å²) in [5, 5.41) is 21.5. The van der Waals surface area contributed by atoms with Crippen LogP contribution in [0.15, 0.2) is 35.4 Å². The molecule has 1 saturated heterocycles. The van der Waals surface area contributed by atoms with Crippen LogP contribution < -0.4 is 10.9 Å². The monoisotopic (exact) mass is 445 g/mol. The Bertz CT molecular complexity index is 1040. The molecule has 10 heteroatoms. The summed E-state index contributed by atoms with van der Waals surface area (Å²) in [5.74, 6) is -0.225. The highest BCUT2D eigenvalue weighted by Crippen LogP contribution is 2.25. The lowest BCUT2D eigenvalue weighted by molar-refractivity contribution is -0.0420. The lowest BCUT2D eigenvalue weighted by Crippen LogP contribution is -2.50. The number of hydrogen-bond acceptors (Lipinski definition) is 7. The van der Waals surface area contributed by atoms with E-state index in [4.69, 9.17) is 10.1 Å². The van der Waals surface area contributed by atoms with Gasteiger partial charge in [-0.3, -0.25) is 9.36 Å². The lowest BCUT2D eigenvalue weighted by atomic mass is 9.91. The normalized spacial score (nSPS) is 15.8. The molecule has 32 heavy (non-hydrogen) atoms. The number of halogens is 1. The summed E-state index contributed by atoms with van der Waals surface area (Å²) in [7, 11) is 0. The minimum atomic E-state index is -1.20. The van der Waals surface area contributed by atoms with Crippen molar-refractivity contribution in [3.8, 4) is 0 Å². The fourth-order valence-electron chi connectivity index (χ4n) is 3.42. The summed E-state index contributed by atoms with van der Waals surface area (Å²) in [6, 6.07) is 5.54. The van der Waals surface area contributed by atoms with Crippen molar-refractivity contribution in [1.82, 2.24) is 14.5 Å². The Morgan fingerprint density at radius 2 is 1.94 bits per heavy atom. The Morgan fingerprint density at radius 3 is 2.50 bits per heavy atom. The summed E-state index contributed by atoms with van der Waals surface area (Å²) in [6.45, 7) is 5.96. The summed E-state index contributed by atoms with van der Waals surface area (Å²) in [6.07, 6.45) is 2.31. The van der Waals surface area contributed by atoms with Crippen molar-refractivity contribution in [3.63, 3.8) is 0 Å². The van der Waals surface area contributed by atoms with E-state index in [0.717, 1.165) is 6.21 Å². The van der Waals surface area contributed by atoms with Gasteiger partial charge in [0.05, 0.1) is 18.5 Å². The van der Waals surface area contributed by atoms with Gasteiger partial charge in [0.2, 0.25) is 0 Å². The number of nitrogens with one attached hydrogen (secondary N) is 2. The molecule has 3 N–H and O–H groups in total. The molecule has 0 spiro atoms. The SMILES string of the molecule is CC(C)(C)OC(=O)N1CCC(O)(Cn2cnc(Nc3ccc(F)cc3)c(C=N)c2=O)CC1. The molecule has 1 aromatic heterocycles. The molecule has 0 saturated carbocycles. The van der Waals surface area contributed by atoms with E-state index in [1.54, 1.807) is 25.7 Å². The summed E-state index contributed by atoms with van der Waals surface area (Å²) >= 11 is 0. The fourth-order valence-corrected chi connectivity index (χ4v) is 3.42. The molecule has 1 aliphatic rings. The number of carbonyl (C=O) groups excluding carboxylic acids is 1. The average Bonchev–Trinajstić information content (AvgIpc) is 2.71. The maximum absolute atomic E-state index is 13.1. The number of amides is 1. The fraction of sp³-hybridized carbons (Fsp3) is 0.455. The predicted molar refractivity (Wildman–Crippen MR) is 118 cm³/mol. The molecule has 2 aromatic rings. The number of piperidine rings is 1. The van der Waals surface area contributed by atoms with E-state index < -0.39 is 28.7 Å². The second-order valence-corrected chi connectivity index (χ2v) is 8.91. The van der Waals surface area contributed by atoms with Crippen molar-refractivity contribution >= 4 is 23.8 Å². The van der Waals surface area contributed by atoms with E-state index in [0.29, 0.717) is 18.8 Å². The molecule has 3 rings (SSSR count). The van der Waals surface area contributed by atoms with Crippen LogP contribution in [0.5, 0.6) is 0 Å². The Hall–Kier alpha value is -3.27. The summed E-state index contributed by atoms with van der Waals surface area (Å²) in [4.78, 5) is 30.9. The van der Waals surface area contributed by atoms with Crippen LogP contribution in [-0.4, -0.2) is 56.2 Å². The number of carbonyl (C=O) groups is 1. The standard InChI is InChI=1S/C22H28FN5O4/c1-21(2,3)32-20(30)27-10-8-22(31,9-11-27)13-28-14-25-18(17(12-24)19(28)29)26-16-6-4-15(23)5-7-16/h4-7,12,14,24,26,31H,8-11,13H2,1-3H3. The molecule has 1 aliphatic heterocycles. The van der Waals surface area contributed by atoms with Gasteiger partial charge < -0.3 is 25.5 Å². The van der Waals surface area contributed by atoms with Gasteiger partial charge in [0.25, 0.3) is 5.56 Å². The number of ether oxygens (including phenoxy) is 1. The Balaban J connectivity index is 1.71. The van der Waals surface area contributed by atoms with Gasteiger partial charge in [-0.05, 0) is 57.9 Å². The molecule has 0 atom stereocenters. The number of anilines is 2. The number of aromatic nitrogens is 2. The minimum absolute atomic E-state index is 0.0152. The van der Waals surface area contributed by atoms with Gasteiger partial charge in [-0.2, -0.15) is 0 Å².